The van der Waals surface area contributed by atoms with Gasteiger partial charge in [-0.3, -0.25) is 0 Å². The number of carbonyl (C=O) groups is 1. The normalized spacial score (nSPS) is 11.1. The summed E-state index contributed by atoms with van der Waals surface area (Å²) in [7, 11) is -2.33. The van der Waals surface area contributed by atoms with Gasteiger partial charge in [-0.15, -0.1) is 0 Å². The fourth-order valence-electron chi connectivity index (χ4n) is 2.39. The van der Waals surface area contributed by atoms with Crippen LogP contribution in [0.2, 0.25) is 0 Å². The van der Waals surface area contributed by atoms with Crippen LogP contribution in [0.5, 0.6) is 0 Å². The molecule has 0 aliphatic carbocycles. The standard InChI is InChI=1S/C19H24N2O3S/c1-3-13-25(23,14-4-2)21-18-12-8-11-17(20-18)19(22)24-15-16-9-6-5-7-10-16/h5-12H,3-4,13-15H2,1-2H3. The Labute approximate surface area is 149 Å². The first-order valence-electron chi connectivity index (χ1n) is 8.47. The molecule has 0 amide bonds. The first kappa shape index (κ1) is 19.1. The van der Waals surface area contributed by atoms with E-state index in [0.717, 1.165) is 18.4 Å². The van der Waals surface area contributed by atoms with Crippen molar-refractivity contribution < 1.29 is 13.7 Å². The van der Waals surface area contributed by atoms with E-state index in [1.165, 1.54) is 0 Å². The number of hydrogen-bond acceptors (Lipinski definition) is 5. The molecule has 1 aromatic carbocycles. The van der Waals surface area contributed by atoms with E-state index in [1.54, 1.807) is 18.2 Å². The summed E-state index contributed by atoms with van der Waals surface area (Å²) in [6.45, 7) is 4.15. The third kappa shape index (κ3) is 5.98. The molecule has 0 radical (unpaired) electrons. The van der Waals surface area contributed by atoms with Crippen molar-refractivity contribution in [2.75, 3.05) is 11.5 Å². The second kappa shape index (κ2) is 9.32. The molecule has 0 bridgehead atoms. The van der Waals surface area contributed by atoms with Crippen molar-refractivity contribution in [3.8, 4) is 0 Å². The molecule has 6 heteroatoms. The Morgan fingerprint density at radius 1 is 1.04 bits per heavy atom. The van der Waals surface area contributed by atoms with Crippen molar-refractivity contribution in [1.82, 2.24) is 4.98 Å². The molecule has 25 heavy (non-hydrogen) atoms. The Bertz CT molecular complexity index is 800. The molecule has 0 atom stereocenters. The topological polar surface area (TPSA) is 68.6 Å². The van der Waals surface area contributed by atoms with Crippen molar-refractivity contribution >= 4 is 21.5 Å². The molecule has 5 nitrogen and oxygen atoms in total. The quantitative estimate of drug-likeness (QED) is 0.656. The number of benzene rings is 1. The zero-order valence-corrected chi connectivity index (χ0v) is 15.5. The van der Waals surface area contributed by atoms with E-state index < -0.39 is 15.7 Å². The van der Waals surface area contributed by atoms with Crippen LogP contribution in [-0.4, -0.2) is 26.7 Å². The van der Waals surface area contributed by atoms with Crippen LogP contribution in [-0.2, 0) is 21.1 Å². The summed E-state index contributed by atoms with van der Waals surface area (Å²) in [5.74, 6) is 0.871. The largest absolute Gasteiger partial charge is 0.456 e. The predicted molar refractivity (Wildman–Crippen MR) is 100 cm³/mol. The molecule has 1 aromatic heterocycles. The van der Waals surface area contributed by atoms with Gasteiger partial charge in [0.15, 0.2) is 11.5 Å². The molecule has 0 spiro atoms. The van der Waals surface area contributed by atoms with Gasteiger partial charge in [0.25, 0.3) is 0 Å². The van der Waals surface area contributed by atoms with Gasteiger partial charge in [-0.25, -0.2) is 14.0 Å². The van der Waals surface area contributed by atoms with Gasteiger partial charge in [0.2, 0.25) is 0 Å². The Hall–Kier alpha value is -2.21. The summed E-state index contributed by atoms with van der Waals surface area (Å²) in [6.07, 6.45) is 1.59. The molecular formula is C19H24N2O3S. The molecule has 1 heterocycles. The summed E-state index contributed by atoms with van der Waals surface area (Å²) < 4.78 is 22.4. The lowest BCUT2D eigenvalue weighted by atomic mass is 10.2. The number of hydrogen-bond donors (Lipinski definition) is 0. The highest BCUT2D eigenvalue weighted by atomic mass is 32.2. The Morgan fingerprint density at radius 3 is 2.36 bits per heavy atom. The van der Waals surface area contributed by atoms with Gasteiger partial charge in [-0.2, -0.15) is 4.36 Å². The summed E-state index contributed by atoms with van der Waals surface area (Å²) in [5, 5.41) is 0. The summed E-state index contributed by atoms with van der Waals surface area (Å²) in [6, 6.07) is 14.4. The summed E-state index contributed by atoms with van der Waals surface area (Å²) >= 11 is 0. The van der Waals surface area contributed by atoms with Crippen molar-refractivity contribution in [2.45, 2.75) is 33.3 Å². The molecule has 0 N–H and O–H groups in total. The van der Waals surface area contributed by atoms with E-state index in [9.17, 15) is 9.00 Å². The number of esters is 1. The summed E-state index contributed by atoms with van der Waals surface area (Å²) in [4.78, 5) is 16.4. The average Bonchev–Trinajstić information content (AvgIpc) is 2.61. The minimum atomic E-state index is -2.33. The molecule has 2 rings (SSSR count). The predicted octanol–water partition coefficient (Wildman–Crippen LogP) is 4.36. The first-order chi connectivity index (χ1) is 12.1. The Morgan fingerprint density at radius 2 is 1.72 bits per heavy atom. The maximum Gasteiger partial charge on any atom is 0.357 e. The van der Waals surface area contributed by atoms with Gasteiger partial charge < -0.3 is 4.74 Å². The Balaban J connectivity index is 2.14. The lowest BCUT2D eigenvalue weighted by Crippen LogP contribution is -2.10. The van der Waals surface area contributed by atoms with Crippen molar-refractivity contribution in [1.29, 1.82) is 0 Å². The first-order valence-corrected chi connectivity index (χ1v) is 10.3. The van der Waals surface area contributed by atoms with Gasteiger partial charge in [-0.1, -0.05) is 50.2 Å². The minimum Gasteiger partial charge on any atom is -0.456 e. The highest BCUT2D eigenvalue weighted by Gasteiger charge is 2.12. The van der Waals surface area contributed by atoms with Crippen LogP contribution in [0, 0.1) is 0 Å². The monoisotopic (exact) mass is 360 g/mol. The van der Waals surface area contributed by atoms with E-state index in [-0.39, 0.29) is 12.3 Å². The zero-order valence-electron chi connectivity index (χ0n) is 14.7. The van der Waals surface area contributed by atoms with Gasteiger partial charge in [0.1, 0.15) is 6.61 Å². The highest BCUT2D eigenvalue weighted by molar-refractivity contribution is 7.93. The second-order valence-electron chi connectivity index (χ2n) is 5.71. The third-order valence-corrected chi connectivity index (χ3v) is 6.07. The lowest BCUT2D eigenvalue weighted by Gasteiger charge is -2.08. The number of rotatable bonds is 8. The lowest BCUT2D eigenvalue weighted by molar-refractivity contribution is 0.0466. The van der Waals surface area contributed by atoms with Crippen molar-refractivity contribution in [3.63, 3.8) is 0 Å². The van der Waals surface area contributed by atoms with Gasteiger partial charge in [0.05, 0.1) is 9.73 Å². The highest BCUT2D eigenvalue weighted by Crippen LogP contribution is 2.15. The maximum absolute atomic E-state index is 12.8. The fourth-order valence-corrected chi connectivity index (χ4v) is 4.49. The van der Waals surface area contributed by atoms with Crippen molar-refractivity contribution in [2.24, 2.45) is 4.36 Å². The molecule has 0 fully saturated rings. The third-order valence-electron chi connectivity index (χ3n) is 3.46. The van der Waals surface area contributed by atoms with Crippen LogP contribution in [0.25, 0.3) is 0 Å². The second-order valence-corrected chi connectivity index (χ2v) is 8.26. The zero-order chi connectivity index (χ0) is 18.1. The van der Waals surface area contributed by atoms with Crippen LogP contribution >= 0.6 is 0 Å². The van der Waals surface area contributed by atoms with Crippen LogP contribution < -0.4 is 0 Å². The van der Waals surface area contributed by atoms with Gasteiger partial charge in [-0.05, 0) is 30.5 Å². The Kier molecular flexibility index (Phi) is 7.13. The molecule has 0 aliphatic heterocycles. The maximum atomic E-state index is 12.8. The van der Waals surface area contributed by atoms with Crippen LogP contribution in [0.15, 0.2) is 52.9 Å². The SMILES string of the molecule is CCCS(=O)(CCC)=Nc1cccc(C(=O)OCc2ccccc2)n1. The van der Waals surface area contributed by atoms with E-state index in [1.807, 2.05) is 44.2 Å². The molecule has 134 valence electrons. The fraction of sp³-hybridized carbons (Fsp3) is 0.368. The molecule has 0 unspecified atom stereocenters. The molecular weight excluding hydrogens is 336 g/mol. The molecule has 0 saturated carbocycles. The average molecular weight is 360 g/mol. The van der Waals surface area contributed by atoms with Crippen LogP contribution in [0.1, 0.15) is 42.7 Å². The molecule has 0 saturated heterocycles. The number of ether oxygens (including phenoxy) is 1. The molecule has 2 aromatic rings. The van der Waals surface area contributed by atoms with Gasteiger partial charge in [0, 0.05) is 11.5 Å². The number of aromatic nitrogens is 1. The molecule has 0 aliphatic rings. The van der Waals surface area contributed by atoms with E-state index in [0.29, 0.717) is 17.3 Å². The number of carbonyl (C=O) groups excluding carboxylic acids is 1. The summed E-state index contributed by atoms with van der Waals surface area (Å²) in [5.41, 5.74) is 1.08. The van der Waals surface area contributed by atoms with Crippen molar-refractivity contribution in [3.05, 3.63) is 59.8 Å². The van der Waals surface area contributed by atoms with Crippen LogP contribution in [0.3, 0.4) is 0 Å². The van der Waals surface area contributed by atoms with E-state index in [2.05, 4.69) is 9.35 Å². The number of nitrogens with zero attached hydrogens (tertiary/aromatic N) is 2. The number of pyridine rings is 1. The van der Waals surface area contributed by atoms with Crippen LogP contribution in [0.4, 0.5) is 5.82 Å². The van der Waals surface area contributed by atoms with Gasteiger partial charge >= 0.3 is 5.97 Å². The smallest absolute Gasteiger partial charge is 0.357 e. The van der Waals surface area contributed by atoms with E-state index in [4.69, 9.17) is 4.74 Å². The minimum absolute atomic E-state index is 0.173. The van der Waals surface area contributed by atoms with E-state index >= 15 is 0 Å².